The second-order valence-corrected chi connectivity index (χ2v) is 9.92. The molecule has 1 N–H and O–H groups in total. The monoisotopic (exact) mass is 400 g/mol. The molecule has 1 aliphatic carbocycles. The molecule has 1 aromatic heterocycles. The maximum absolute atomic E-state index is 12.6. The van der Waals surface area contributed by atoms with E-state index in [-0.39, 0.29) is 4.21 Å². The number of anilines is 1. The molecular weight excluding hydrogens is 380 g/mol. The van der Waals surface area contributed by atoms with Crippen LogP contribution in [0.1, 0.15) is 17.5 Å². The van der Waals surface area contributed by atoms with Gasteiger partial charge in [0, 0.05) is 11.6 Å². The first-order valence-corrected chi connectivity index (χ1v) is 10.6. The fourth-order valence-corrected chi connectivity index (χ4v) is 5.77. The summed E-state index contributed by atoms with van der Waals surface area (Å²) in [6, 6.07) is 7.14. The van der Waals surface area contributed by atoms with E-state index in [2.05, 4.69) is 23.7 Å². The molecule has 3 rings (SSSR count). The summed E-state index contributed by atoms with van der Waals surface area (Å²) >= 11 is 6.92. The lowest BCUT2D eigenvalue weighted by Crippen LogP contribution is -2.34. The predicted octanol–water partition coefficient (Wildman–Crippen LogP) is 3.63. The van der Waals surface area contributed by atoms with Crippen LogP contribution < -0.4 is 9.46 Å². The molecule has 0 aliphatic heterocycles. The third kappa shape index (κ3) is 3.79. The van der Waals surface area contributed by atoms with Crippen LogP contribution in [0.15, 0.2) is 28.5 Å². The van der Waals surface area contributed by atoms with Crippen molar-refractivity contribution < 1.29 is 13.2 Å². The number of nitrogens with zero attached hydrogens (tertiary/aromatic N) is 1. The molecule has 136 valence electrons. The van der Waals surface area contributed by atoms with Crippen LogP contribution in [-0.2, 0) is 22.9 Å². The molecule has 1 unspecified atom stereocenters. The Morgan fingerprint density at radius 2 is 2.00 bits per heavy atom. The number of fused-ring (bicyclic) bond motifs is 1. The Labute approximate surface area is 157 Å². The number of likely N-dealkylation sites (N-methyl/N-ethyl adjacent to an activating group) is 1. The van der Waals surface area contributed by atoms with Crippen LogP contribution in [0.4, 0.5) is 5.69 Å². The van der Waals surface area contributed by atoms with Crippen LogP contribution in [0.3, 0.4) is 0 Å². The molecule has 2 aromatic rings. The van der Waals surface area contributed by atoms with Crippen molar-refractivity contribution in [1.82, 2.24) is 4.90 Å². The second kappa shape index (κ2) is 7.15. The second-order valence-electron chi connectivity index (χ2n) is 6.30. The first kappa shape index (κ1) is 18.5. The Bertz CT molecular complexity index is 878. The number of nitrogens with one attached hydrogen (secondary N) is 1. The van der Waals surface area contributed by atoms with Crippen LogP contribution in [0.25, 0.3) is 0 Å². The van der Waals surface area contributed by atoms with E-state index in [0.29, 0.717) is 16.1 Å². The SMILES string of the molecule is COc1ccc(NS(=O)(=O)c2ccc(Cl)s2)c2c1CC(N(C)C)CC2. The van der Waals surface area contributed by atoms with Gasteiger partial charge in [-0.25, -0.2) is 8.42 Å². The maximum Gasteiger partial charge on any atom is 0.271 e. The first-order valence-electron chi connectivity index (χ1n) is 7.95. The average molecular weight is 401 g/mol. The van der Waals surface area contributed by atoms with Crippen LogP contribution in [0.2, 0.25) is 4.34 Å². The highest BCUT2D eigenvalue weighted by Gasteiger charge is 2.27. The number of thiophene rings is 1. The van der Waals surface area contributed by atoms with Gasteiger partial charge in [-0.05, 0) is 63.2 Å². The van der Waals surface area contributed by atoms with Gasteiger partial charge < -0.3 is 9.64 Å². The summed E-state index contributed by atoms with van der Waals surface area (Å²) in [4.78, 5) is 2.20. The number of methoxy groups -OCH3 is 1. The van der Waals surface area contributed by atoms with Crippen LogP contribution in [0, 0.1) is 0 Å². The minimum Gasteiger partial charge on any atom is -0.496 e. The van der Waals surface area contributed by atoms with Crippen LogP contribution in [-0.4, -0.2) is 40.6 Å². The van der Waals surface area contributed by atoms with Gasteiger partial charge in [-0.15, -0.1) is 11.3 Å². The highest BCUT2D eigenvalue weighted by Crippen LogP contribution is 2.37. The van der Waals surface area contributed by atoms with E-state index in [1.54, 1.807) is 19.2 Å². The van der Waals surface area contributed by atoms with E-state index in [9.17, 15) is 8.42 Å². The Hall–Kier alpha value is -1.28. The highest BCUT2D eigenvalue weighted by atomic mass is 35.5. The fourth-order valence-electron chi connectivity index (χ4n) is 3.19. The first-order chi connectivity index (χ1) is 11.8. The van der Waals surface area contributed by atoms with Crippen molar-refractivity contribution in [3.8, 4) is 5.75 Å². The summed E-state index contributed by atoms with van der Waals surface area (Å²) in [6.07, 6.45) is 2.62. The Kier molecular flexibility index (Phi) is 5.29. The molecule has 1 aliphatic rings. The van der Waals surface area contributed by atoms with E-state index in [0.717, 1.165) is 47.5 Å². The van der Waals surface area contributed by atoms with Gasteiger partial charge in [-0.1, -0.05) is 11.6 Å². The molecule has 0 amide bonds. The van der Waals surface area contributed by atoms with Gasteiger partial charge in [0.1, 0.15) is 9.96 Å². The van der Waals surface area contributed by atoms with Gasteiger partial charge in [0.2, 0.25) is 0 Å². The molecule has 1 aromatic carbocycles. The van der Waals surface area contributed by atoms with Gasteiger partial charge in [-0.2, -0.15) is 0 Å². The summed E-state index contributed by atoms with van der Waals surface area (Å²) in [5.41, 5.74) is 2.72. The quantitative estimate of drug-likeness (QED) is 0.832. The topological polar surface area (TPSA) is 58.6 Å². The zero-order valence-corrected chi connectivity index (χ0v) is 16.8. The molecule has 25 heavy (non-hydrogen) atoms. The van der Waals surface area contributed by atoms with Gasteiger partial charge in [0.25, 0.3) is 10.0 Å². The number of ether oxygens (including phenoxy) is 1. The molecule has 1 atom stereocenters. The number of hydrogen-bond acceptors (Lipinski definition) is 5. The minimum atomic E-state index is -3.64. The van der Waals surface area contributed by atoms with Crippen LogP contribution >= 0.6 is 22.9 Å². The van der Waals surface area contributed by atoms with Crippen molar-refractivity contribution in [2.24, 2.45) is 0 Å². The number of rotatable bonds is 5. The number of benzene rings is 1. The summed E-state index contributed by atoms with van der Waals surface area (Å²) in [5.74, 6) is 0.809. The summed E-state index contributed by atoms with van der Waals surface area (Å²) in [7, 11) is 2.13. The fraction of sp³-hybridized carbons (Fsp3) is 0.412. The molecule has 0 saturated heterocycles. The van der Waals surface area contributed by atoms with Crippen LogP contribution in [0.5, 0.6) is 5.75 Å². The molecule has 0 bridgehead atoms. The van der Waals surface area contributed by atoms with Crippen molar-refractivity contribution in [3.05, 3.63) is 39.7 Å². The maximum atomic E-state index is 12.6. The van der Waals surface area contributed by atoms with E-state index in [4.69, 9.17) is 16.3 Å². The zero-order chi connectivity index (χ0) is 18.2. The molecule has 0 radical (unpaired) electrons. The van der Waals surface area contributed by atoms with E-state index < -0.39 is 10.0 Å². The van der Waals surface area contributed by atoms with Crippen molar-refractivity contribution >= 4 is 38.6 Å². The third-order valence-corrected chi connectivity index (χ3v) is 7.65. The van der Waals surface area contributed by atoms with Gasteiger partial charge in [0.05, 0.1) is 17.1 Å². The number of hydrogen-bond donors (Lipinski definition) is 1. The van der Waals surface area contributed by atoms with Crippen molar-refractivity contribution in [2.75, 3.05) is 25.9 Å². The molecule has 0 fully saturated rings. The van der Waals surface area contributed by atoms with Gasteiger partial charge in [0.15, 0.2) is 0 Å². The third-order valence-electron chi connectivity index (χ3n) is 4.56. The molecule has 5 nitrogen and oxygen atoms in total. The normalized spacial score (nSPS) is 17.4. The molecular formula is C17H21ClN2O3S2. The molecule has 0 spiro atoms. The highest BCUT2D eigenvalue weighted by molar-refractivity contribution is 7.94. The number of sulfonamides is 1. The van der Waals surface area contributed by atoms with Crippen molar-refractivity contribution in [3.63, 3.8) is 0 Å². The molecule has 8 heteroatoms. The largest absolute Gasteiger partial charge is 0.496 e. The molecule has 1 heterocycles. The zero-order valence-electron chi connectivity index (χ0n) is 14.4. The lowest BCUT2D eigenvalue weighted by molar-refractivity contribution is 0.265. The Balaban J connectivity index is 1.97. The van der Waals surface area contributed by atoms with Crippen molar-refractivity contribution in [2.45, 2.75) is 29.5 Å². The smallest absolute Gasteiger partial charge is 0.271 e. The summed E-state index contributed by atoms with van der Waals surface area (Å²) in [5, 5.41) is 0. The summed E-state index contributed by atoms with van der Waals surface area (Å²) in [6.45, 7) is 0. The minimum absolute atomic E-state index is 0.212. The Morgan fingerprint density at radius 1 is 1.24 bits per heavy atom. The van der Waals surface area contributed by atoms with Crippen molar-refractivity contribution in [1.29, 1.82) is 0 Å². The lowest BCUT2D eigenvalue weighted by atomic mass is 9.86. The van der Waals surface area contributed by atoms with Gasteiger partial charge in [-0.3, -0.25) is 4.72 Å². The van der Waals surface area contributed by atoms with Gasteiger partial charge >= 0.3 is 0 Å². The Morgan fingerprint density at radius 3 is 2.60 bits per heavy atom. The predicted molar refractivity (Wildman–Crippen MR) is 103 cm³/mol. The standard InChI is InChI=1S/C17H21ClN2O3S2/c1-20(2)11-4-5-12-13(10-11)15(23-3)7-6-14(12)19-25(21,22)17-9-8-16(18)24-17/h6-9,11,19H,4-5,10H2,1-3H3. The number of halogens is 1. The van der Waals surface area contributed by atoms with E-state index in [1.807, 2.05) is 6.07 Å². The van der Waals surface area contributed by atoms with E-state index >= 15 is 0 Å². The average Bonchev–Trinajstić information content (AvgIpc) is 3.02. The van der Waals surface area contributed by atoms with E-state index in [1.165, 1.54) is 6.07 Å². The summed E-state index contributed by atoms with van der Waals surface area (Å²) < 4.78 is 34.1. The lowest BCUT2D eigenvalue weighted by Gasteiger charge is -2.32. The molecule has 0 saturated carbocycles.